The van der Waals surface area contributed by atoms with Crippen LogP contribution in [0.5, 0.6) is 11.5 Å². The molecule has 0 aliphatic carbocycles. The topological polar surface area (TPSA) is 77.5 Å². The first kappa shape index (κ1) is 8.76. The van der Waals surface area contributed by atoms with Crippen molar-refractivity contribution in [1.82, 2.24) is 0 Å². The number of benzene rings is 1. The van der Waals surface area contributed by atoms with E-state index < -0.39 is 0 Å². The number of phenols is 2. The molecule has 0 saturated heterocycles. The van der Waals surface area contributed by atoms with E-state index in [1.165, 1.54) is 18.2 Å². The highest BCUT2D eigenvalue weighted by atomic mass is 32.1. The Morgan fingerprint density at radius 3 is 2.14 bits per heavy atom. The molecule has 14 heavy (non-hydrogen) atoms. The number of azo groups is 1. The van der Waals surface area contributed by atoms with Gasteiger partial charge in [-0.05, 0) is 24.4 Å². The highest BCUT2D eigenvalue weighted by Crippen LogP contribution is 2.22. The minimum absolute atomic E-state index is 0.0595. The van der Waals surface area contributed by atoms with E-state index in [-0.39, 0.29) is 16.6 Å². The number of amidine groups is 1. The van der Waals surface area contributed by atoms with Crippen molar-refractivity contribution in [2.75, 3.05) is 0 Å². The van der Waals surface area contributed by atoms with Crippen LogP contribution in [0.2, 0.25) is 0 Å². The van der Waals surface area contributed by atoms with Crippen molar-refractivity contribution in [3.05, 3.63) is 23.8 Å². The molecule has 0 aromatic heterocycles. The summed E-state index contributed by atoms with van der Waals surface area (Å²) in [6, 6.07) is 4.06. The molecule has 0 amide bonds. The quantitative estimate of drug-likeness (QED) is 0.686. The SMILES string of the molecule is Oc1cc(O)cc(C2=NC(=S)N=N2)c1. The molecular weight excluding hydrogens is 202 g/mol. The number of thiocarbonyl (C=S) groups is 1. The summed E-state index contributed by atoms with van der Waals surface area (Å²) in [5, 5.41) is 25.8. The second-order valence-corrected chi connectivity index (χ2v) is 3.02. The van der Waals surface area contributed by atoms with Gasteiger partial charge in [-0.25, -0.2) is 0 Å². The van der Waals surface area contributed by atoms with Crippen LogP contribution in [-0.2, 0) is 0 Å². The third-order valence-corrected chi connectivity index (χ3v) is 1.77. The first-order valence-corrected chi connectivity index (χ1v) is 4.14. The Hall–Kier alpha value is -1.82. The highest BCUT2D eigenvalue weighted by molar-refractivity contribution is 7.80. The maximum atomic E-state index is 9.20. The van der Waals surface area contributed by atoms with Crippen LogP contribution in [0.4, 0.5) is 0 Å². The zero-order chi connectivity index (χ0) is 10.1. The van der Waals surface area contributed by atoms with Gasteiger partial charge in [-0.15, -0.1) is 10.2 Å². The van der Waals surface area contributed by atoms with Crippen molar-refractivity contribution >= 4 is 23.2 Å². The lowest BCUT2D eigenvalue weighted by atomic mass is 10.2. The number of hydrogen-bond acceptors (Lipinski definition) is 4. The fraction of sp³-hybridized carbons (Fsp3) is 0. The fourth-order valence-corrected chi connectivity index (χ4v) is 1.20. The Balaban J connectivity index is 2.47. The molecule has 0 atom stereocenters. The van der Waals surface area contributed by atoms with E-state index in [0.717, 1.165) is 0 Å². The van der Waals surface area contributed by atoms with Gasteiger partial charge in [0.15, 0.2) is 5.84 Å². The molecule has 1 heterocycles. The molecular formula is C8H5N3O2S. The number of aromatic hydroxyl groups is 2. The summed E-state index contributed by atoms with van der Waals surface area (Å²) in [5.74, 6) is 0.174. The van der Waals surface area contributed by atoms with Gasteiger partial charge in [0.2, 0.25) is 5.11 Å². The lowest BCUT2D eigenvalue weighted by Gasteiger charge is -1.99. The second-order valence-electron chi connectivity index (χ2n) is 2.66. The van der Waals surface area contributed by atoms with Crippen molar-refractivity contribution in [1.29, 1.82) is 0 Å². The minimum Gasteiger partial charge on any atom is -0.508 e. The monoisotopic (exact) mass is 207 g/mol. The van der Waals surface area contributed by atoms with Crippen molar-refractivity contribution in [2.45, 2.75) is 0 Å². The standard InChI is InChI=1S/C8H5N3O2S/c12-5-1-4(2-6(13)3-5)7-9-8(14)11-10-7/h1-3,12-13H. The van der Waals surface area contributed by atoms with Crippen LogP contribution in [0.3, 0.4) is 0 Å². The molecule has 0 unspecified atom stereocenters. The molecule has 1 aliphatic heterocycles. The third kappa shape index (κ3) is 1.60. The number of nitrogens with zero attached hydrogens (tertiary/aromatic N) is 3. The number of aliphatic imine (C=N–C) groups is 1. The summed E-state index contributed by atoms with van der Waals surface area (Å²) in [4.78, 5) is 3.83. The largest absolute Gasteiger partial charge is 0.508 e. The van der Waals surface area contributed by atoms with Gasteiger partial charge in [-0.3, -0.25) is 0 Å². The zero-order valence-corrected chi connectivity index (χ0v) is 7.69. The summed E-state index contributed by atoms with van der Waals surface area (Å²) in [7, 11) is 0. The number of phenolic OH excluding ortho intramolecular Hbond substituents is 2. The van der Waals surface area contributed by atoms with Crippen LogP contribution in [0.25, 0.3) is 0 Å². The molecule has 0 saturated carbocycles. The van der Waals surface area contributed by atoms with Gasteiger partial charge in [0.05, 0.1) is 0 Å². The molecule has 6 heteroatoms. The first-order chi connectivity index (χ1) is 6.65. The van der Waals surface area contributed by atoms with Gasteiger partial charge in [-0.2, -0.15) is 4.99 Å². The Morgan fingerprint density at radius 2 is 1.64 bits per heavy atom. The van der Waals surface area contributed by atoms with E-state index in [1.54, 1.807) is 0 Å². The van der Waals surface area contributed by atoms with E-state index in [9.17, 15) is 10.2 Å². The van der Waals surface area contributed by atoms with Crippen LogP contribution in [-0.4, -0.2) is 21.2 Å². The van der Waals surface area contributed by atoms with E-state index in [1.807, 2.05) is 0 Å². The van der Waals surface area contributed by atoms with Crippen LogP contribution >= 0.6 is 12.2 Å². The lowest BCUT2D eigenvalue weighted by Crippen LogP contribution is -1.93. The minimum atomic E-state index is -0.0595. The van der Waals surface area contributed by atoms with Crippen molar-refractivity contribution in [2.24, 2.45) is 15.2 Å². The molecule has 0 radical (unpaired) electrons. The highest BCUT2D eigenvalue weighted by Gasteiger charge is 2.11. The van der Waals surface area contributed by atoms with Gasteiger partial charge < -0.3 is 10.2 Å². The molecule has 0 fully saturated rings. The Kier molecular flexibility index (Phi) is 1.97. The maximum Gasteiger partial charge on any atom is 0.242 e. The Bertz CT molecular complexity index is 447. The molecule has 1 aromatic carbocycles. The number of hydrogen-bond donors (Lipinski definition) is 2. The predicted octanol–water partition coefficient (Wildman–Crippen LogP) is 1.60. The third-order valence-electron chi connectivity index (χ3n) is 1.59. The van der Waals surface area contributed by atoms with E-state index in [2.05, 4.69) is 27.4 Å². The molecule has 5 nitrogen and oxygen atoms in total. The van der Waals surface area contributed by atoms with Gasteiger partial charge in [-0.1, -0.05) is 0 Å². The summed E-state index contributed by atoms with van der Waals surface area (Å²) >= 11 is 4.69. The van der Waals surface area contributed by atoms with E-state index in [4.69, 9.17) is 0 Å². The van der Waals surface area contributed by atoms with Gasteiger partial charge in [0, 0.05) is 11.6 Å². The zero-order valence-electron chi connectivity index (χ0n) is 6.88. The lowest BCUT2D eigenvalue weighted by molar-refractivity contribution is 0.450. The summed E-state index contributed by atoms with van der Waals surface area (Å²) < 4.78 is 0. The van der Waals surface area contributed by atoms with E-state index in [0.29, 0.717) is 11.4 Å². The van der Waals surface area contributed by atoms with Gasteiger partial charge in [0.1, 0.15) is 11.5 Å². The molecule has 0 spiro atoms. The number of rotatable bonds is 1. The summed E-state index contributed by atoms with van der Waals surface area (Å²) in [6.07, 6.45) is 0. The summed E-state index contributed by atoms with van der Waals surface area (Å²) in [5.41, 5.74) is 0.478. The second kappa shape index (κ2) is 3.15. The van der Waals surface area contributed by atoms with Crippen molar-refractivity contribution < 1.29 is 10.2 Å². The van der Waals surface area contributed by atoms with Crippen molar-refractivity contribution in [3.8, 4) is 11.5 Å². The molecule has 2 rings (SSSR count). The van der Waals surface area contributed by atoms with Gasteiger partial charge in [0.25, 0.3) is 0 Å². The molecule has 2 N–H and O–H groups in total. The Labute approximate surface area is 84.4 Å². The predicted molar refractivity (Wildman–Crippen MR) is 53.8 cm³/mol. The van der Waals surface area contributed by atoms with Crippen molar-refractivity contribution in [3.63, 3.8) is 0 Å². The molecule has 1 aromatic rings. The first-order valence-electron chi connectivity index (χ1n) is 3.73. The Morgan fingerprint density at radius 1 is 1.00 bits per heavy atom. The van der Waals surface area contributed by atoms with Crippen LogP contribution in [0, 0.1) is 0 Å². The molecule has 70 valence electrons. The van der Waals surface area contributed by atoms with E-state index >= 15 is 0 Å². The normalized spacial score (nSPS) is 14.6. The van der Waals surface area contributed by atoms with Gasteiger partial charge >= 0.3 is 0 Å². The van der Waals surface area contributed by atoms with Crippen LogP contribution in [0.15, 0.2) is 33.4 Å². The maximum absolute atomic E-state index is 9.20. The molecule has 1 aliphatic rings. The average molecular weight is 207 g/mol. The average Bonchev–Trinajstić information content (AvgIpc) is 2.50. The molecule has 0 bridgehead atoms. The summed E-state index contributed by atoms with van der Waals surface area (Å²) in [6.45, 7) is 0. The smallest absolute Gasteiger partial charge is 0.242 e. The van der Waals surface area contributed by atoms with Crippen LogP contribution < -0.4 is 0 Å². The van der Waals surface area contributed by atoms with Crippen LogP contribution in [0.1, 0.15) is 5.56 Å². The fourth-order valence-electron chi connectivity index (χ4n) is 1.07.